The Morgan fingerprint density at radius 1 is 1.41 bits per heavy atom. The van der Waals surface area contributed by atoms with Crippen molar-refractivity contribution >= 4 is 28.1 Å². The van der Waals surface area contributed by atoms with Gasteiger partial charge in [0.05, 0.1) is 11.6 Å². The summed E-state index contributed by atoms with van der Waals surface area (Å²) < 4.78 is 5.60. The largest absolute Gasteiger partial charge is 0.453 e. The molecule has 1 N–H and O–H groups in total. The summed E-state index contributed by atoms with van der Waals surface area (Å²) in [4.78, 5) is 16.5. The molecule has 1 aliphatic rings. The Labute approximate surface area is 134 Å². The Balaban J connectivity index is 1.76. The number of ether oxygens (including phenoxy) is 1. The number of rotatable bonds is 4. The average molecular weight is 316 g/mol. The van der Waals surface area contributed by atoms with E-state index in [4.69, 9.17) is 4.74 Å². The highest BCUT2D eigenvalue weighted by Gasteiger charge is 2.45. The zero-order chi connectivity index (χ0) is 15.7. The van der Waals surface area contributed by atoms with E-state index >= 15 is 0 Å². The molecular weight excluding hydrogens is 296 g/mol. The van der Waals surface area contributed by atoms with Gasteiger partial charge >= 0.3 is 5.97 Å². The Morgan fingerprint density at radius 2 is 2.14 bits per heavy atom. The number of aryl methyl sites for hydroxylation is 1. The van der Waals surface area contributed by atoms with Crippen LogP contribution in [0.2, 0.25) is 0 Å². The predicted octanol–water partition coefficient (Wildman–Crippen LogP) is 4.38. The Morgan fingerprint density at radius 3 is 2.77 bits per heavy atom. The van der Waals surface area contributed by atoms with Gasteiger partial charge in [0.2, 0.25) is 0 Å². The van der Waals surface area contributed by atoms with Crippen LogP contribution in [0.5, 0.6) is 0 Å². The fourth-order valence-corrected chi connectivity index (χ4v) is 3.56. The second-order valence-corrected chi connectivity index (χ2v) is 6.85. The number of benzene rings is 1. The maximum atomic E-state index is 11.9. The number of aromatic nitrogens is 1. The SMILES string of the molecule is CC[C@H]1C[C@@](C)(c2csc(Nc3ccc(C)cc3)n2)OC1=O. The number of anilines is 2. The van der Waals surface area contributed by atoms with E-state index in [-0.39, 0.29) is 11.9 Å². The minimum Gasteiger partial charge on any atom is -0.453 e. The van der Waals surface area contributed by atoms with E-state index in [9.17, 15) is 4.79 Å². The molecule has 0 aliphatic carbocycles. The molecule has 1 aromatic carbocycles. The molecule has 22 heavy (non-hydrogen) atoms. The van der Waals surface area contributed by atoms with Gasteiger partial charge < -0.3 is 10.1 Å². The van der Waals surface area contributed by atoms with Crippen LogP contribution in [0.4, 0.5) is 10.8 Å². The molecule has 3 rings (SSSR count). The van der Waals surface area contributed by atoms with Crippen molar-refractivity contribution in [2.45, 2.75) is 39.2 Å². The predicted molar refractivity (Wildman–Crippen MR) is 88.4 cm³/mol. The zero-order valence-electron chi connectivity index (χ0n) is 13.1. The van der Waals surface area contributed by atoms with E-state index in [2.05, 4.69) is 29.4 Å². The monoisotopic (exact) mass is 316 g/mol. The highest BCUT2D eigenvalue weighted by Crippen LogP contribution is 2.41. The van der Waals surface area contributed by atoms with Crippen molar-refractivity contribution in [3.63, 3.8) is 0 Å². The summed E-state index contributed by atoms with van der Waals surface area (Å²) in [6.07, 6.45) is 1.52. The van der Waals surface area contributed by atoms with Gasteiger partial charge in [-0.2, -0.15) is 0 Å². The quantitative estimate of drug-likeness (QED) is 0.850. The fourth-order valence-electron chi connectivity index (χ4n) is 2.70. The Hall–Kier alpha value is -1.88. The van der Waals surface area contributed by atoms with Gasteiger partial charge in [-0.25, -0.2) is 4.98 Å². The van der Waals surface area contributed by atoms with Gasteiger partial charge in [0.15, 0.2) is 10.7 Å². The van der Waals surface area contributed by atoms with Crippen molar-refractivity contribution in [1.29, 1.82) is 0 Å². The highest BCUT2D eigenvalue weighted by molar-refractivity contribution is 7.13. The van der Waals surface area contributed by atoms with Crippen molar-refractivity contribution in [2.24, 2.45) is 5.92 Å². The third kappa shape index (κ3) is 2.86. The van der Waals surface area contributed by atoms with Crippen molar-refractivity contribution in [3.05, 3.63) is 40.9 Å². The van der Waals surface area contributed by atoms with Crippen molar-refractivity contribution in [3.8, 4) is 0 Å². The van der Waals surface area contributed by atoms with E-state index in [0.29, 0.717) is 6.42 Å². The molecular formula is C17H20N2O2S. The van der Waals surface area contributed by atoms with Crippen LogP contribution < -0.4 is 5.32 Å². The van der Waals surface area contributed by atoms with Crippen LogP contribution in [0, 0.1) is 12.8 Å². The molecule has 2 heterocycles. The van der Waals surface area contributed by atoms with Gasteiger partial charge in [-0.05, 0) is 32.4 Å². The van der Waals surface area contributed by atoms with Crippen LogP contribution in [0.15, 0.2) is 29.6 Å². The molecule has 1 fully saturated rings. The first-order valence-electron chi connectivity index (χ1n) is 7.53. The third-order valence-electron chi connectivity index (χ3n) is 4.14. The number of nitrogens with zero attached hydrogens (tertiary/aromatic N) is 1. The van der Waals surface area contributed by atoms with Crippen LogP contribution in [0.25, 0.3) is 0 Å². The number of nitrogens with one attached hydrogen (secondary N) is 1. The number of cyclic esters (lactones) is 1. The third-order valence-corrected chi connectivity index (χ3v) is 4.89. The molecule has 1 aromatic heterocycles. The summed E-state index contributed by atoms with van der Waals surface area (Å²) in [5.41, 5.74) is 2.46. The molecule has 5 heteroatoms. The van der Waals surface area contributed by atoms with Crippen LogP contribution in [-0.2, 0) is 15.1 Å². The first kappa shape index (κ1) is 15.0. The van der Waals surface area contributed by atoms with Crippen LogP contribution in [0.3, 0.4) is 0 Å². The molecule has 0 bridgehead atoms. The summed E-state index contributed by atoms with van der Waals surface area (Å²) in [6, 6.07) is 8.17. The first-order valence-corrected chi connectivity index (χ1v) is 8.40. The fraction of sp³-hybridized carbons (Fsp3) is 0.412. The minimum absolute atomic E-state index is 0.0137. The molecule has 0 spiro atoms. The molecule has 116 valence electrons. The number of thiazole rings is 1. The number of hydrogen-bond donors (Lipinski definition) is 1. The maximum Gasteiger partial charge on any atom is 0.310 e. The number of carbonyl (C=O) groups excluding carboxylic acids is 1. The van der Waals surface area contributed by atoms with E-state index in [1.54, 1.807) is 0 Å². The van der Waals surface area contributed by atoms with Crippen LogP contribution in [-0.4, -0.2) is 11.0 Å². The van der Waals surface area contributed by atoms with Crippen molar-refractivity contribution in [2.75, 3.05) is 5.32 Å². The molecule has 0 unspecified atom stereocenters. The van der Waals surface area contributed by atoms with Gasteiger partial charge in [0, 0.05) is 17.5 Å². The highest BCUT2D eigenvalue weighted by atomic mass is 32.1. The molecule has 2 aromatic rings. The Kier molecular flexibility index (Phi) is 3.91. The summed E-state index contributed by atoms with van der Waals surface area (Å²) in [5.74, 6) is -0.119. The zero-order valence-corrected chi connectivity index (χ0v) is 13.9. The molecule has 4 nitrogen and oxygen atoms in total. The number of esters is 1. The lowest BCUT2D eigenvalue weighted by Crippen LogP contribution is -2.21. The summed E-state index contributed by atoms with van der Waals surface area (Å²) in [6.45, 7) is 6.03. The first-order chi connectivity index (χ1) is 10.5. The number of hydrogen-bond acceptors (Lipinski definition) is 5. The molecule has 0 radical (unpaired) electrons. The molecule has 0 amide bonds. The minimum atomic E-state index is -0.596. The van der Waals surface area contributed by atoms with E-state index in [1.807, 2.05) is 31.4 Å². The van der Waals surface area contributed by atoms with E-state index < -0.39 is 5.60 Å². The lowest BCUT2D eigenvalue weighted by atomic mass is 9.92. The van der Waals surface area contributed by atoms with Crippen molar-refractivity contribution < 1.29 is 9.53 Å². The van der Waals surface area contributed by atoms with Gasteiger partial charge in [-0.1, -0.05) is 24.6 Å². The molecule has 0 saturated carbocycles. The molecule has 1 aliphatic heterocycles. The van der Waals surface area contributed by atoms with Crippen LogP contribution in [0.1, 0.15) is 37.9 Å². The Bertz CT molecular complexity index is 680. The summed E-state index contributed by atoms with van der Waals surface area (Å²) in [7, 11) is 0. The summed E-state index contributed by atoms with van der Waals surface area (Å²) in [5, 5.41) is 6.09. The van der Waals surface area contributed by atoms with Crippen LogP contribution >= 0.6 is 11.3 Å². The average Bonchev–Trinajstić information content (AvgIpc) is 3.07. The van der Waals surface area contributed by atoms with Gasteiger partial charge in [0.1, 0.15) is 0 Å². The lowest BCUT2D eigenvalue weighted by molar-refractivity contribution is -0.150. The normalized spacial score (nSPS) is 24.3. The van der Waals surface area contributed by atoms with E-state index in [0.717, 1.165) is 22.9 Å². The second kappa shape index (κ2) is 5.72. The topological polar surface area (TPSA) is 51.2 Å². The lowest BCUT2D eigenvalue weighted by Gasteiger charge is -2.19. The number of carbonyl (C=O) groups is 1. The standard InChI is InChI=1S/C17H20N2O2S/c1-4-12-9-17(3,21-15(12)20)14-10-22-16(19-14)18-13-7-5-11(2)6-8-13/h5-8,10,12H,4,9H2,1-3H3,(H,18,19)/t12-,17-/m0/s1. The molecule has 1 saturated heterocycles. The van der Waals surface area contributed by atoms with Gasteiger partial charge in [-0.15, -0.1) is 11.3 Å². The van der Waals surface area contributed by atoms with Gasteiger partial charge in [0.25, 0.3) is 0 Å². The second-order valence-electron chi connectivity index (χ2n) is 5.99. The maximum absolute atomic E-state index is 11.9. The molecule has 2 atom stereocenters. The van der Waals surface area contributed by atoms with E-state index in [1.165, 1.54) is 16.9 Å². The summed E-state index contributed by atoms with van der Waals surface area (Å²) >= 11 is 1.53. The van der Waals surface area contributed by atoms with Gasteiger partial charge in [-0.3, -0.25) is 4.79 Å². The van der Waals surface area contributed by atoms with Crippen molar-refractivity contribution in [1.82, 2.24) is 4.98 Å². The smallest absolute Gasteiger partial charge is 0.310 e.